The maximum Gasteiger partial charge on any atom is 0.158 e. The van der Waals surface area contributed by atoms with E-state index < -0.39 is 0 Å². The molecule has 0 saturated heterocycles. The molecule has 0 bridgehead atoms. The first-order valence-corrected chi connectivity index (χ1v) is 6.67. The first-order chi connectivity index (χ1) is 8.04. The zero-order chi connectivity index (χ0) is 12.6. The van der Waals surface area contributed by atoms with Crippen LogP contribution in [0.4, 0.5) is 0 Å². The standard InChI is InChI=1S/C11H10BrCl2N3/c1-6-10(14)7(2)17(16-6)11-8(4-13)3-9(12)5-15-11/h3,5H,4H2,1-2H3. The van der Waals surface area contributed by atoms with Crippen molar-refractivity contribution in [3.05, 3.63) is 38.7 Å². The van der Waals surface area contributed by atoms with Crippen LogP contribution in [-0.2, 0) is 5.88 Å². The van der Waals surface area contributed by atoms with E-state index in [2.05, 4.69) is 26.0 Å². The predicted molar refractivity (Wildman–Crippen MR) is 73.1 cm³/mol. The monoisotopic (exact) mass is 333 g/mol. The number of pyridine rings is 1. The van der Waals surface area contributed by atoms with Crippen LogP contribution >= 0.6 is 39.1 Å². The third kappa shape index (κ3) is 2.34. The summed E-state index contributed by atoms with van der Waals surface area (Å²) < 4.78 is 2.62. The molecule has 0 radical (unpaired) electrons. The summed E-state index contributed by atoms with van der Waals surface area (Å²) >= 11 is 15.4. The van der Waals surface area contributed by atoms with Crippen molar-refractivity contribution in [3.8, 4) is 5.82 Å². The minimum atomic E-state index is 0.373. The lowest BCUT2D eigenvalue weighted by Gasteiger charge is -2.08. The fourth-order valence-electron chi connectivity index (χ4n) is 1.59. The largest absolute Gasteiger partial charge is 0.236 e. The molecule has 0 N–H and O–H groups in total. The highest BCUT2D eigenvalue weighted by molar-refractivity contribution is 9.10. The second-order valence-electron chi connectivity index (χ2n) is 3.67. The van der Waals surface area contributed by atoms with Gasteiger partial charge >= 0.3 is 0 Å². The highest BCUT2D eigenvalue weighted by Crippen LogP contribution is 2.25. The molecule has 6 heteroatoms. The molecule has 90 valence electrons. The Balaban J connectivity index is 2.64. The second kappa shape index (κ2) is 4.96. The highest BCUT2D eigenvalue weighted by atomic mass is 79.9. The normalized spacial score (nSPS) is 10.9. The van der Waals surface area contributed by atoms with E-state index in [1.807, 2.05) is 19.9 Å². The molecule has 2 aromatic rings. The highest BCUT2D eigenvalue weighted by Gasteiger charge is 2.14. The Labute approximate surface area is 118 Å². The van der Waals surface area contributed by atoms with Crippen LogP contribution in [0.2, 0.25) is 5.02 Å². The van der Waals surface area contributed by atoms with E-state index in [0.29, 0.717) is 10.9 Å². The number of aromatic nitrogens is 3. The maximum atomic E-state index is 6.12. The van der Waals surface area contributed by atoms with Crippen LogP contribution in [0.15, 0.2) is 16.7 Å². The molecule has 0 aliphatic rings. The quantitative estimate of drug-likeness (QED) is 0.776. The second-order valence-corrected chi connectivity index (χ2v) is 5.23. The SMILES string of the molecule is Cc1nn(-c2ncc(Br)cc2CCl)c(C)c1Cl. The Bertz CT molecular complexity index is 566. The molecule has 0 saturated carbocycles. The van der Waals surface area contributed by atoms with Crippen molar-refractivity contribution in [3.63, 3.8) is 0 Å². The van der Waals surface area contributed by atoms with Crippen molar-refractivity contribution in [1.82, 2.24) is 14.8 Å². The van der Waals surface area contributed by atoms with Gasteiger partial charge in [-0.1, -0.05) is 11.6 Å². The fourth-order valence-corrected chi connectivity index (χ4v) is 2.29. The minimum Gasteiger partial charge on any atom is -0.236 e. The molecule has 0 atom stereocenters. The van der Waals surface area contributed by atoms with E-state index in [1.165, 1.54) is 0 Å². The lowest BCUT2D eigenvalue weighted by atomic mass is 10.3. The summed E-state index contributed by atoms with van der Waals surface area (Å²) in [6.07, 6.45) is 1.72. The topological polar surface area (TPSA) is 30.7 Å². The molecule has 2 aromatic heterocycles. The van der Waals surface area contributed by atoms with Gasteiger partial charge in [0, 0.05) is 16.2 Å². The summed E-state index contributed by atoms with van der Waals surface area (Å²) in [6, 6.07) is 1.93. The number of aryl methyl sites for hydroxylation is 1. The van der Waals surface area contributed by atoms with Gasteiger partial charge in [0.1, 0.15) is 0 Å². The first-order valence-electron chi connectivity index (χ1n) is 4.97. The Hall–Kier alpha value is -0.580. The molecule has 0 spiro atoms. The molecule has 0 aromatic carbocycles. The summed E-state index contributed by atoms with van der Waals surface area (Å²) in [5, 5.41) is 5.03. The average molecular weight is 335 g/mol. The third-order valence-electron chi connectivity index (χ3n) is 2.46. The predicted octanol–water partition coefficient (Wildman–Crippen LogP) is 4.04. The van der Waals surface area contributed by atoms with Crippen molar-refractivity contribution in [2.24, 2.45) is 0 Å². The van der Waals surface area contributed by atoms with Gasteiger partial charge in [-0.2, -0.15) is 5.10 Å². The van der Waals surface area contributed by atoms with Gasteiger partial charge in [-0.25, -0.2) is 9.67 Å². The molecular formula is C11H10BrCl2N3. The minimum absolute atomic E-state index is 0.373. The number of rotatable bonds is 2. The molecular weight excluding hydrogens is 325 g/mol. The van der Waals surface area contributed by atoms with Gasteiger partial charge in [-0.15, -0.1) is 11.6 Å². The Morgan fingerprint density at radius 1 is 1.41 bits per heavy atom. The van der Waals surface area contributed by atoms with Crippen molar-refractivity contribution < 1.29 is 0 Å². The smallest absolute Gasteiger partial charge is 0.158 e. The number of hydrogen-bond acceptors (Lipinski definition) is 2. The van der Waals surface area contributed by atoms with E-state index in [9.17, 15) is 0 Å². The summed E-state index contributed by atoms with van der Waals surface area (Å²) in [5.41, 5.74) is 2.56. The Morgan fingerprint density at radius 2 is 2.12 bits per heavy atom. The van der Waals surface area contributed by atoms with Gasteiger partial charge in [0.25, 0.3) is 0 Å². The van der Waals surface area contributed by atoms with E-state index in [-0.39, 0.29) is 0 Å². The van der Waals surface area contributed by atoms with Crippen molar-refractivity contribution in [2.75, 3.05) is 0 Å². The number of nitrogens with zero attached hydrogens (tertiary/aromatic N) is 3. The number of halogens is 3. The Morgan fingerprint density at radius 3 is 2.65 bits per heavy atom. The molecule has 17 heavy (non-hydrogen) atoms. The van der Waals surface area contributed by atoms with Gasteiger partial charge in [0.2, 0.25) is 0 Å². The average Bonchev–Trinajstić information content (AvgIpc) is 2.57. The van der Waals surface area contributed by atoms with Crippen LogP contribution < -0.4 is 0 Å². The maximum absolute atomic E-state index is 6.12. The Kier molecular flexibility index (Phi) is 3.76. The molecule has 0 unspecified atom stereocenters. The molecule has 0 amide bonds. The zero-order valence-electron chi connectivity index (χ0n) is 9.34. The first kappa shape index (κ1) is 12.9. The fraction of sp³-hybridized carbons (Fsp3) is 0.273. The van der Waals surface area contributed by atoms with Crippen molar-refractivity contribution in [2.45, 2.75) is 19.7 Å². The zero-order valence-corrected chi connectivity index (χ0v) is 12.4. The third-order valence-corrected chi connectivity index (χ3v) is 3.73. The number of alkyl halides is 1. The molecule has 0 aliphatic heterocycles. The van der Waals surface area contributed by atoms with Gasteiger partial charge in [-0.3, -0.25) is 0 Å². The molecule has 0 fully saturated rings. The van der Waals surface area contributed by atoms with Crippen molar-refractivity contribution >= 4 is 39.1 Å². The molecule has 2 heterocycles. The van der Waals surface area contributed by atoms with Crippen LogP contribution in [0.25, 0.3) is 5.82 Å². The van der Waals surface area contributed by atoms with Crippen LogP contribution in [0.3, 0.4) is 0 Å². The van der Waals surface area contributed by atoms with Crippen LogP contribution in [0, 0.1) is 13.8 Å². The lowest BCUT2D eigenvalue weighted by Crippen LogP contribution is -2.05. The van der Waals surface area contributed by atoms with E-state index in [0.717, 1.165) is 27.2 Å². The van der Waals surface area contributed by atoms with E-state index >= 15 is 0 Å². The number of hydrogen-bond donors (Lipinski definition) is 0. The summed E-state index contributed by atoms with van der Waals surface area (Å²) in [7, 11) is 0. The summed E-state index contributed by atoms with van der Waals surface area (Å²) in [6.45, 7) is 3.77. The van der Waals surface area contributed by atoms with Crippen molar-refractivity contribution in [1.29, 1.82) is 0 Å². The summed E-state index contributed by atoms with van der Waals surface area (Å²) in [5.74, 6) is 1.09. The summed E-state index contributed by atoms with van der Waals surface area (Å²) in [4.78, 5) is 4.35. The van der Waals surface area contributed by atoms with Gasteiger partial charge in [-0.05, 0) is 35.8 Å². The molecule has 3 nitrogen and oxygen atoms in total. The molecule has 0 aliphatic carbocycles. The van der Waals surface area contributed by atoms with Crippen LogP contribution in [0.5, 0.6) is 0 Å². The molecule has 2 rings (SSSR count). The van der Waals surface area contributed by atoms with Gasteiger partial charge < -0.3 is 0 Å². The van der Waals surface area contributed by atoms with Gasteiger partial charge in [0.05, 0.1) is 22.3 Å². The van der Waals surface area contributed by atoms with E-state index in [4.69, 9.17) is 23.2 Å². The van der Waals surface area contributed by atoms with Crippen LogP contribution in [0.1, 0.15) is 17.0 Å². The lowest BCUT2D eigenvalue weighted by molar-refractivity contribution is 0.796. The van der Waals surface area contributed by atoms with E-state index in [1.54, 1.807) is 10.9 Å². The van der Waals surface area contributed by atoms with Gasteiger partial charge in [0.15, 0.2) is 5.82 Å². The van der Waals surface area contributed by atoms with Crippen LogP contribution in [-0.4, -0.2) is 14.8 Å².